The second kappa shape index (κ2) is 9.88. The highest BCUT2D eigenvalue weighted by atomic mass is 32.2. The van der Waals surface area contributed by atoms with Crippen molar-refractivity contribution < 1.29 is 22.7 Å². The lowest BCUT2D eigenvalue weighted by molar-refractivity contribution is 0.0122. The first-order chi connectivity index (χ1) is 14.9. The van der Waals surface area contributed by atoms with Crippen LogP contribution in [0.4, 0.5) is 4.79 Å². The molecule has 180 valence electrons. The van der Waals surface area contributed by atoms with Gasteiger partial charge in [-0.25, -0.2) is 23.2 Å². The molecule has 3 rings (SSSR count). The number of likely N-dealkylation sites (tertiary alicyclic amines) is 1. The van der Waals surface area contributed by atoms with Crippen molar-refractivity contribution in [2.24, 2.45) is 0 Å². The van der Waals surface area contributed by atoms with Crippen molar-refractivity contribution >= 4 is 16.1 Å². The first kappa shape index (κ1) is 24.7. The van der Waals surface area contributed by atoms with Gasteiger partial charge in [-0.15, -0.1) is 0 Å². The molecule has 10 nitrogen and oxygen atoms in total. The van der Waals surface area contributed by atoms with Gasteiger partial charge < -0.3 is 14.4 Å². The van der Waals surface area contributed by atoms with Crippen molar-refractivity contribution in [1.82, 2.24) is 24.1 Å². The summed E-state index contributed by atoms with van der Waals surface area (Å²) >= 11 is 0. The van der Waals surface area contributed by atoms with Crippen LogP contribution in [0.15, 0.2) is 6.33 Å². The lowest BCUT2D eigenvalue weighted by Gasteiger charge is -2.34. The monoisotopic (exact) mass is 469 g/mol. The van der Waals surface area contributed by atoms with E-state index in [9.17, 15) is 13.2 Å². The number of carbonyl (C=O) groups excluding carboxylic acids is 1. The summed E-state index contributed by atoms with van der Waals surface area (Å²) in [7, 11) is -3.14. The van der Waals surface area contributed by atoms with E-state index < -0.39 is 15.6 Å². The SMILES string of the molecule is Cc1c(CN2CCN(S(C)(=O)=O)CC2)ncnc1OC1CCN(C(=O)OC(C)(C)C)CC1. The molecule has 0 N–H and O–H groups in total. The molecule has 11 heteroatoms. The molecule has 2 aliphatic heterocycles. The van der Waals surface area contributed by atoms with Crippen LogP contribution in [0.1, 0.15) is 44.9 Å². The van der Waals surface area contributed by atoms with Gasteiger partial charge >= 0.3 is 6.09 Å². The van der Waals surface area contributed by atoms with Crippen molar-refractivity contribution in [3.05, 3.63) is 17.6 Å². The fourth-order valence-electron chi connectivity index (χ4n) is 3.82. The topological polar surface area (TPSA) is 105 Å². The first-order valence-corrected chi connectivity index (χ1v) is 12.9. The zero-order valence-electron chi connectivity index (χ0n) is 19.7. The molecule has 2 aliphatic rings. The molecule has 0 aromatic carbocycles. The van der Waals surface area contributed by atoms with E-state index in [4.69, 9.17) is 9.47 Å². The van der Waals surface area contributed by atoms with Crippen LogP contribution in [0.3, 0.4) is 0 Å². The summed E-state index contributed by atoms with van der Waals surface area (Å²) < 4.78 is 36.5. The van der Waals surface area contributed by atoms with Crippen LogP contribution in [0.5, 0.6) is 5.88 Å². The highest BCUT2D eigenvalue weighted by Crippen LogP contribution is 2.24. The quantitative estimate of drug-likeness (QED) is 0.641. The molecule has 0 unspecified atom stereocenters. The Morgan fingerprint density at radius 3 is 2.28 bits per heavy atom. The second-order valence-electron chi connectivity index (χ2n) is 9.47. The Morgan fingerprint density at radius 1 is 1.09 bits per heavy atom. The van der Waals surface area contributed by atoms with Crippen LogP contribution >= 0.6 is 0 Å². The number of hydrogen-bond acceptors (Lipinski definition) is 8. The minimum Gasteiger partial charge on any atom is -0.474 e. The molecule has 0 aliphatic carbocycles. The molecule has 0 bridgehead atoms. The predicted molar refractivity (Wildman–Crippen MR) is 120 cm³/mol. The number of carbonyl (C=O) groups is 1. The maximum Gasteiger partial charge on any atom is 0.410 e. The van der Waals surface area contributed by atoms with Gasteiger partial charge in [-0.1, -0.05) is 0 Å². The molecule has 3 heterocycles. The van der Waals surface area contributed by atoms with Crippen molar-refractivity contribution in [3.63, 3.8) is 0 Å². The number of nitrogens with zero attached hydrogens (tertiary/aromatic N) is 5. The molecule has 0 radical (unpaired) electrons. The minimum absolute atomic E-state index is 0.0200. The first-order valence-electron chi connectivity index (χ1n) is 11.0. The van der Waals surface area contributed by atoms with Gasteiger partial charge in [0, 0.05) is 64.2 Å². The normalized spacial score (nSPS) is 19.7. The summed E-state index contributed by atoms with van der Waals surface area (Å²) in [6.07, 6.45) is 3.89. The average molecular weight is 470 g/mol. The lowest BCUT2D eigenvalue weighted by atomic mass is 10.1. The van der Waals surface area contributed by atoms with E-state index in [1.165, 1.54) is 16.9 Å². The summed E-state index contributed by atoms with van der Waals surface area (Å²) in [5, 5.41) is 0. The largest absolute Gasteiger partial charge is 0.474 e. The van der Waals surface area contributed by atoms with Crippen molar-refractivity contribution in [1.29, 1.82) is 0 Å². The van der Waals surface area contributed by atoms with Crippen molar-refractivity contribution in [3.8, 4) is 5.88 Å². The molecular weight excluding hydrogens is 434 g/mol. The van der Waals surface area contributed by atoms with Crippen LogP contribution in [0, 0.1) is 6.92 Å². The third-order valence-electron chi connectivity index (χ3n) is 5.69. The molecule has 2 saturated heterocycles. The van der Waals surface area contributed by atoms with Crippen molar-refractivity contribution in [2.75, 3.05) is 45.5 Å². The molecular formula is C21H35N5O5S. The second-order valence-corrected chi connectivity index (χ2v) is 11.5. The Balaban J connectivity index is 1.53. The number of rotatable bonds is 5. The minimum atomic E-state index is -3.14. The third-order valence-corrected chi connectivity index (χ3v) is 6.99. The third kappa shape index (κ3) is 6.76. The lowest BCUT2D eigenvalue weighted by Crippen LogP contribution is -2.48. The fraction of sp³-hybridized carbons (Fsp3) is 0.762. The van der Waals surface area contributed by atoms with E-state index in [2.05, 4.69) is 14.9 Å². The number of hydrogen-bond donors (Lipinski definition) is 0. The number of aromatic nitrogens is 2. The molecule has 0 atom stereocenters. The zero-order chi connectivity index (χ0) is 23.5. The van der Waals surface area contributed by atoms with Crippen LogP contribution < -0.4 is 4.74 Å². The van der Waals surface area contributed by atoms with E-state index >= 15 is 0 Å². The Labute approximate surface area is 190 Å². The van der Waals surface area contributed by atoms with E-state index in [1.54, 1.807) is 4.90 Å². The number of piperazine rings is 1. The number of ether oxygens (including phenoxy) is 2. The summed E-state index contributed by atoms with van der Waals surface area (Å²) in [5.74, 6) is 0.570. The molecule has 1 aromatic heterocycles. The van der Waals surface area contributed by atoms with Gasteiger partial charge in [-0.2, -0.15) is 4.31 Å². The van der Waals surface area contributed by atoms with Crippen LogP contribution in [0.25, 0.3) is 0 Å². The van der Waals surface area contributed by atoms with Gasteiger partial charge in [-0.05, 0) is 27.7 Å². The number of sulfonamides is 1. The van der Waals surface area contributed by atoms with Gasteiger partial charge in [0.1, 0.15) is 18.0 Å². The van der Waals surface area contributed by atoms with Crippen LogP contribution in [-0.4, -0.2) is 95.8 Å². The van der Waals surface area contributed by atoms with Gasteiger partial charge in [0.25, 0.3) is 0 Å². The Morgan fingerprint density at radius 2 is 1.72 bits per heavy atom. The summed E-state index contributed by atoms with van der Waals surface area (Å²) in [5.41, 5.74) is 1.28. The zero-order valence-corrected chi connectivity index (χ0v) is 20.5. The van der Waals surface area contributed by atoms with E-state index in [0.29, 0.717) is 64.5 Å². The van der Waals surface area contributed by atoms with Gasteiger partial charge in [0.05, 0.1) is 11.9 Å². The molecule has 0 saturated carbocycles. The molecule has 1 aromatic rings. The highest BCUT2D eigenvalue weighted by molar-refractivity contribution is 7.88. The number of amides is 1. The van der Waals surface area contributed by atoms with Gasteiger partial charge in [0.15, 0.2) is 0 Å². The Kier molecular flexibility index (Phi) is 7.61. The van der Waals surface area contributed by atoms with Gasteiger partial charge in [-0.3, -0.25) is 4.90 Å². The maximum absolute atomic E-state index is 12.2. The summed E-state index contributed by atoms with van der Waals surface area (Å²) in [6.45, 7) is 11.6. The highest BCUT2D eigenvalue weighted by Gasteiger charge is 2.29. The number of piperidine rings is 1. The maximum atomic E-state index is 12.2. The standard InChI is InChI=1S/C21H35N5O5S/c1-16-18(14-24-10-12-26(13-11-24)32(5,28)29)22-15-23-19(16)30-17-6-8-25(9-7-17)20(27)31-21(2,3)4/h15,17H,6-14H2,1-5H3. The molecule has 2 fully saturated rings. The molecule has 0 spiro atoms. The Hall–Kier alpha value is -1.98. The van der Waals surface area contributed by atoms with Crippen molar-refractivity contribution in [2.45, 2.75) is 58.8 Å². The smallest absolute Gasteiger partial charge is 0.410 e. The van der Waals surface area contributed by atoms with E-state index in [0.717, 1.165) is 11.3 Å². The molecule has 32 heavy (non-hydrogen) atoms. The van der Waals surface area contributed by atoms with Crippen LogP contribution in [0.2, 0.25) is 0 Å². The molecule has 1 amide bonds. The van der Waals surface area contributed by atoms with E-state index in [-0.39, 0.29) is 12.2 Å². The predicted octanol–water partition coefficient (Wildman–Crippen LogP) is 1.64. The summed E-state index contributed by atoms with van der Waals surface area (Å²) in [4.78, 5) is 24.9. The van der Waals surface area contributed by atoms with Gasteiger partial charge in [0.2, 0.25) is 15.9 Å². The van der Waals surface area contributed by atoms with E-state index in [1.807, 2.05) is 27.7 Å². The average Bonchev–Trinajstić information content (AvgIpc) is 2.70. The Bertz CT molecular complexity index is 902. The summed E-state index contributed by atoms with van der Waals surface area (Å²) in [6, 6.07) is 0. The fourth-order valence-corrected chi connectivity index (χ4v) is 4.64. The van der Waals surface area contributed by atoms with Crippen LogP contribution in [-0.2, 0) is 21.3 Å².